The molecule has 0 radical (unpaired) electrons. The number of hydrogen-bond donors (Lipinski definition) is 1. The SMILES string of the molecule is CCOC1CC(O)C12CCN(C(=O)c1cc(C(C)C)n(C)n1)CC2. The molecule has 1 aliphatic heterocycles. The van der Waals surface area contributed by atoms with Gasteiger partial charge in [-0.3, -0.25) is 9.48 Å². The van der Waals surface area contributed by atoms with Crippen LogP contribution in [-0.2, 0) is 11.8 Å². The molecular weight excluding hydrogens is 306 g/mol. The number of ether oxygens (including phenoxy) is 1. The number of aryl methyl sites for hydroxylation is 1. The Balaban J connectivity index is 1.66. The van der Waals surface area contributed by atoms with Crippen LogP contribution in [0.25, 0.3) is 0 Å². The standard InChI is InChI=1S/C18H29N3O3/c1-5-24-16-11-15(22)18(16)6-8-21(9-7-18)17(23)13-10-14(12(2)3)20(4)19-13/h10,12,15-16,22H,5-9,11H2,1-4H3. The third-order valence-electron chi connectivity index (χ3n) is 5.82. The number of hydrogen-bond acceptors (Lipinski definition) is 4. The first kappa shape index (κ1) is 17.4. The van der Waals surface area contributed by atoms with Crippen LogP contribution >= 0.6 is 0 Å². The third-order valence-corrected chi connectivity index (χ3v) is 5.82. The molecule has 24 heavy (non-hydrogen) atoms. The molecule has 1 aromatic heterocycles. The topological polar surface area (TPSA) is 67.6 Å². The molecule has 0 bridgehead atoms. The van der Waals surface area contributed by atoms with Crippen LogP contribution in [0.5, 0.6) is 0 Å². The van der Waals surface area contributed by atoms with E-state index in [0.29, 0.717) is 31.3 Å². The van der Waals surface area contributed by atoms with Crippen molar-refractivity contribution in [1.29, 1.82) is 0 Å². The highest BCUT2D eigenvalue weighted by molar-refractivity contribution is 5.92. The molecule has 1 amide bonds. The van der Waals surface area contributed by atoms with Crippen LogP contribution in [0.3, 0.4) is 0 Å². The molecule has 2 fully saturated rings. The molecule has 1 aromatic rings. The first-order chi connectivity index (χ1) is 11.4. The molecule has 6 nitrogen and oxygen atoms in total. The highest BCUT2D eigenvalue weighted by atomic mass is 16.5. The zero-order valence-corrected chi connectivity index (χ0v) is 15.2. The monoisotopic (exact) mass is 335 g/mol. The smallest absolute Gasteiger partial charge is 0.274 e. The summed E-state index contributed by atoms with van der Waals surface area (Å²) in [5, 5.41) is 14.7. The van der Waals surface area contributed by atoms with Gasteiger partial charge in [0.15, 0.2) is 5.69 Å². The summed E-state index contributed by atoms with van der Waals surface area (Å²) >= 11 is 0. The fourth-order valence-electron chi connectivity index (χ4n) is 4.23. The Hall–Kier alpha value is -1.40. The average molecular weight is 335 g/mol. The van der Waals surface area contributed by atoms with Gasteiger partial charge in [-0.1, -0.05) is 13.8 Å². The number of carbonyl (C=O) groups is 1. The van der Waals surface area contributed by atoms with Gasteiger partial charge in [-0.05, 0) is 31.7 Å². The molecule has 2 atom stereocenters. The predicted octanol–water partition coefficient (Wildman–Crippen LogP) is 1.94. The molecule has 1 saturated heterocycles. The molecule has 1 aliphatic carbocycles. The van der Waals surface area contributed by atoms with Crippen molar-refractivity contribution in [1.82, 2.24) is 14.7 Å². The fraction of sp³-hybridized carbons (Fsp3) is 0.778. The summed E-state index contributed by atoms with van der Waals surface area (Å²) in [6, 6.07) is 1.90. The van der Waals surface area contributed by atoms with Crippen LogP contribution in [-0.4, -0.2) is 57.6 Å². The number of aromatic nitrogens is 2. The predicted molar refractivity (Wildman–Crippen MR) is 90.9 cm³/mol. The van der Waals surface area contributed by atoms with E-state index in [1.165, 1.54) is 0 Å². The number of likely N-dealkylation sites (tertiary alicyclic amines) is 1. The lowest BCUT2D eigenvalue weighted by Crippen LogP contribution is -2.62. The van der Waals surface area contributed by atoms with Crippen molar-refractivity contribution in [3.05, 3.63) is 17.5 Å². The Morgan fingerprint density at radius 2 is 2.12 bits per heavy atom. The zero-order chi connectivity index (χ0) is 17.5. The lowest BCUT2D eigenvalue weighted by Gasteiger charge is -2.56. The molecule has 1 spiro atoms. The molecular formula is C18H29N3O3. The first-order valence-electron chi connectivity index (χ1n) is 9.02. The molecule has 0 aromatic carbocycles. The van der Waals surface area contributed by atoms with Crippen molar-refractivity contribution in [2.75, 3.05) is 19.7 Å². The molecule has 6 heteroatoms. The number of rotatable bonds is 4. The van der Waals surface area contributed by atoms with Crippen LogP contribution in [0.4, 0.5) is 0 Å². The lowest BCUT2D eigenvalue weighted by molar-refractivity contribution is -0.207. The third kappa shape index (κ3) is 2.75. The number of aliphatic hydroxyl groups excluding tert-OH is 1. The molecule has 1 saturated carbocycles. The van der Waals surface area contributed by atoms with Crippen LogP contribution in [0, 0.1) is 5.41 Å². The summed E-state index contributed by atoms with van der Waals surface area (Å²) in [7, 11) is 1.88. The van der Waals surface area contributed by atoms with Crippen LogP contribution in [0.15, 0.2) is 6.07 Å². The van der Waals surface area contributed by atoms with Crippen molar-refractivity contribution in [2.45, 2.75) is 58.2 Å². The quantitative estimate of drug-likeness (QED) is 0.913. The Labute approximate surface area is 143 Å². The Morgan fingerprint density at radius 3 is 2.62 bits per heavy atom. The van der Waals surface area contributed by atoms with Gasteiger partial charge in [0.05, 0.1) is 12.2 Å². The highest BCUT2D eigenvalue weighted by Gasteiger charge is 2.56. The van der Waals surface area contributed by atoms with Crippen molar-refractivity contribution >= 4 is 5.91 Å². The van der Waals surface area contributed by atoms with E-state index in [9.17, 15) is 9.90 Å². The minimum absolute atomic E-state index is 0.00544. The maximum Gasteiger partial charge on any atom is 0.274 e. The van der Waals surface area contributed by atoms with Crippen LogP contribution in [0.2, 0.25) is 0 Å². The van der Waals surface area contributed by atoms with Gasteiger partial charge < -0.3 is 14.7 Å². The van der Waals surface area contributed by atoms with Gasteiger partial charge in [-0.15, -0.1) is 0 Å². The van der Waals surface area contributed by atoms with E-state index in [0.717, 1.165) is 25.0 Å². The zero-order valence-electron chi connectivity index (χ0n) is 15.2. The Bertz CT molecular complexity index is 601. The van der Waals surface area contributed by atoms with E-state index in [-0.39, 0.29) is 23.5 Å². The van der Waals surface area contributed by atoms with Crippen molar-refractivity contribution in [3.8, 4) is 0 Å². The lowest BCUT2D eigenvalue weighted by atomic mass is 9.58. The summed E-state index contributed by atoms with van der Waals surface area (Å²) in [5.41, 5.74) is 1.44. The largest absolute Gasteiger partial charge is 0.392 e. The number of carbonyl (C=O) groups excluding carboxylic acids is 1. The van der Waals surface area contributed by atoms with Crippen molar-refractivity contribution < 1.29 is 14.6 Å². The van der Waals surface area contributed by atoms with Crippen molar-refractivity contribution in [3.63, 3.8) is 0 Å². The summed E-state index contributed by atoms with van der Waals surface area (Å²) in [4.78, 5) is 14.6. The van der Waals surface area contributed by atoms with Crippen LogP contribution in [0.1, 0.15) is 62.1 Å². The fourth-order valence-corrected chi connectivity index (χ4v) is 4.23. The van der Waals surface area contributed by atoms with E-state index in [4.69, 9.17) is 4.74 Å². The second-order valence-electron chi connectivity index (χ2n) is 7.45. The number of piperidine rings is 1. The van der Waals surface area contributed by atoms with Crippen LogP contribution < -0.4 is 0 Å². The maximum absolute atomic E-state index is 12.8. The van der Waals surface area contributed by atoms with E-state index in [1.54, 1.807) is 4.68 Å². The average Bonchev–Trinajstić information content (AvgIpc) is 2.96. The van der Waals surface area contributed by atoms with Gasteiger partial charge in [0.2, 0.25) is 0 Å². The summed E-state index contributed by atoms with van der Waals surface area (Å²) in [6.45, 7) is 8.18. The van der Waals surface area contributed by atoms with E-state index in [2.05, 4.69) is 18.9 Å². The molecule has 134 valence electrons. The van der Waals surface area contributed by atoms with Gasteiger partial charge in [-0.2, -0.15) is 5.10 Å². The van der Waals surface area contributed by atoms with Gasteiger partial charge >= 0.3 is 0 Å². The molecule has 2 aliphatic rings. The normalized spacial score (nSPS) is 26.0. The van der Waals surface area contributed by atoms with Gasteiger partial charge in [0.1, 0.15) is 0 Å². The molecule has 2 heterocycles. The minimum Gasteiger partial charge on any atom is -0.392 e. The van der Waals surface area contributed by atoms with Gasteiger partial charge in [0.25, 0.3) is 5.91 Å². The highest BCUT2D eigenvalue weighted by Crippen LogP contribution is 2.51. The number of aliphatic hydroxyl groups is 1. The summed E-state index contributed by atoms with van der Waals surface area (Å²) in [6.07, 6.45) is 2.16. The number of nitrogens with zero attached hydrogens (tertiary/aromatic N) is 3. The van der Waals surface area contributed by atoms with Gasteiger partial charge in [0, 0.05) is 44.3 Å². The number of amides is 1. The minimum atomic E-state index is -0.298. The molecule has 3 rings (SSSR count). The Kier molecular flexibility index (Phi) is 4.71. The van der Waals surface area contributed by atoms with Gasteiger partial charge in [-0.25, -0.2) is 0 Å². The second-order valence-corrected chi connectivity index (χ2v) is 7.45. The maximum atomic E-state index is 12.8. The van der Waals surface area contributed by atoms with E-state index < -0.39 is 0 Å². The first-order valence-corrected chi connectivity index (χ1v) is 9.02. The second kappa shape index (κ2) is 6.48. The summed E-state index contributed by atoms with van der Waals surface area (Å²) in [5.74, 6) is 0.333. The van der Waals surface area contributed by atoms with Crippen molar-refractivity contribution in [2.24, 2.45) is 12.5 Å². The van der Waals surface area contributed by atoms with E-state index in [1.807, 2.05) is 24.9 Å². The molecule has 2 unspecified atom stereocenters. The van der Waals surface area contributed by atoms with E-state index >= 15 is 0 Å². The Morgan fingerprint density at radius 1 is 1.46 bits per heavy atom. The summed E-state index contributed by atoms with van der Waals surface area (Å²) < 4.78 is 7.58. The molecule has 1 N–H and O–H groups in total.